The molecule has 0 amide bonds. The van der Waals surface area contributed by atoms with E-state index in [0.717, 1.165) is 38.2 Å². The van der Waals surface area contributed by atoms with Crippen LogP contribution < -0.4 is 25.4 Å². The lowest BCUT2D eigenvalue weighted by Gasteiger charge is -2.22. The van der Waals surface area contributed by atoms with Crippen molar-refractivity contribution in [3.63, 3.8) is 0 Å². The van der Waals surface area contributed by atoms with E-state index in [-0.39, 0.29) is 0 Å². The van der Waals surface area contributed by atoms with Crippen LogP contribution in [0.5, 0.6) is 11.5 Å². The van der Waals surface area contributed by atoms with Gasteiger partial charge in [0.15, 0.2) is 0 Å². The highest BCUT2D eigenvalue weighted by atomic mass is 32.2. The zero-order valence-corrected chi connectivity index (χ0v) is 22.7. The number of fused-ring (bicyclic) bond motifs is 1. The lowest BCUT2D eigenvalue weighted by atomic mass is 10.1. The molecule has 0 aliphatic heterocycles. The van der Waals surface area contributed by atoms with Gasteiger partial charge < -0.3 is 9.47 Å². The van der Waals surface area contributed by atoms with Gasteiger partial charge in [-0.15, -0.1) is 0 Å². The van der Waals surface area contributed by atoms with Crippen molar-refractivity contribution in [3.8, 4) is 11.5 Å². The van der Waals surface area contributed by atoms with E-state index in [1.165, 1.54) is 10.6 Å². The van der Waals surface area contributed by atoms with E-state index in [4.69, 9.17) is 13.8 Å². The van der Waals surface area contributed by atoms with Crippen molar-refractivity contribution in [1.29, 1.82) is 0 Å². The summed E-state index contributed by atoms with van der Waals surface area (Å²) in [5, 5.41) is 5.61. The molecule has 0 aliphatic carbocycles. The van der Waals surface area contributed by atoms with Gasteiger partial charge in [0.2, 0.25) is 0 Å². The summed E-state index contributed by atoms with van der Waals surface area (Å²) in [5.74, 6) is 1.63. The summed E-state index contributed by atoms with van der Waals surface area (Å²) in [6.07, 6.45) is 1.71. The van der Waals surface area contributed by atoms with Crippen molar-refractivity contribution in [1.82, 2.24) is 0 Å². The second-order valence-corrected chi connectivity index (χ2v) is 13.0. The van der Waals surface area contributed by atoms with Crippen molar-refractivity contribution < 1.29 is 13.7 Å². The monoisotopic (exact) mass is 525 g/mol. The van der Waals surface area contributed by atoms with Gasteiger partial charge in [0.05, 0.1) is 29.6 Å². The van der Waals surface area contributed by atoms with Crippen LogP contribution in [0.1, 0.15) is 0 Å². The van der Waals surface area contributed by atoms with Crippen LogP contribution in [0, 0.1) is 0 Å². The molecule has 186 valence electrons. The molecular formula is C31H28NO3PS. The van der Waals surface area contributed by atoms with Crippen LogP contribution in [-0.4, -0.2) is 24.7 Å². The Hall–Kier alpha value is -3.66. The zero-order chi connectivity index (χ0) is 25.8. The molecule has 5 aromatic carbocycles. The van der Waals surface area contributed by atoms with Gasteiger partial charge >= 0.3 is 0 Å². The van der Waals surface area contributed by atoms with Crippen LogP contribution in [0.25, 0.3) is 10.8 Å². The maximum Gasteiger partial charge on any atom is 0.118 e. The summed E-state index contributed by atoms with van der Waals surface area (Å²) in [4.78, 5) is 0.719. The minimum atomic E-state index is -2.65. The molecule has 1 unspecified atom stereocenters. The Morgan fingerprint density at radius 2 is 1.19 bits per heavy atom. The number of nitrogens with zero attached hydrogens (tertiary/aromatic N) is 1. The molecule has 4 nitrogen and oxygen atoms in total. The van der Waals surface area contributed by atoms with Gasteiger partial charge in [0.25, 0.3) is 0 Å². The Morgan fingerprint density at radius 3 is 1.73 bits per heavy atom. The van der Waals surface area contributed by atoms with Crippen molar-refractivity contribution in [2.24, 2.45) is 4.36 Å². The lowest BCUT2D eigenvalue weighted by molar-refractivity contribution is 0.415. The smallest absolute Gasteiger partial charge is 0.118 e. The lowest BCUT2D eigenvalue weighted by Crippen LogP contribution is -2.21. The second-order valence-electron chi connectivity index (χ2n) is 8.59. The van der Waals surface area contributed by atoms with Gasteiger partial charge in [0, 0.05) is 16.5 Å². The van der Waals surface area contributed by atoms with E-state index >= 15 is 0 Å². The van der Waals surface area contributed by atoms with E-state index in [2.05, 4.69) is 48.5 Å². The third-order valence-electron chi connectivity index (χ3n) is 6.22. The molecule has 0 spiro atoms. The molecule has 0 N–H and O–H groups in total. The fourth-order valence-corrected chi connectivity index (χ4v) is 8.11. The number of hydrogen-bond acceptors (Lipinski definition) is 4. The third kappa shape index (κ3) is 5.24. The quantitative estimate of drug-likeness (QED) is 0.231. The van der Waals surface area contributed by atoms with Crippen LogP contribution in [0.3, 0.4) is 0 Å². The first-order valence-electron chi connectivity index (χ1n) is 11.9. The Morgan fingerprint density at radius 1 is 0.649 bits per heavy atom. The molecular weight excluding hydrogens is 497 g/mol. The molecule has 0 heterocycles. The van der Waals surface area contributed by atoms with E-state index in [1.54, 1.807) is 20.5 Å². The Bertz CT molecular complexity index is 1590. The maximum atomic E-state index is 13.8. The van der Waals surface area contributed by atoms with E-state index < -0.39 is 17.7 Å². The SMILES string of the molecule is COc1ccc(P(c2ccc(OC)cc2)c2cccc3cccc(N=S(C)(=O)c4ccccc4)c23)cc1. The fourth-order valence-electron chi connectivity index (χ4n) is 4.37. The van der Waals surface area contributed by atoms with Crippen LogP contribution in [0.15, 0.2) is 125 Å². The van der Waals surface area contributed by atoms with Gasteiger partial charge in [-0.1, -0.05) is 72.8 Å². The molecule has 0 aromatic heterocycles. The summed E-state index contributed by atoms with van der Waals surface area (Å²) in [7, 11) is -0.251. The molecule has 37 heavy (non-hydrogen) atoms. The van der Waals surface area contributed by atoms with Gasteiger partial charge in [-0.3, -0.25) is 0 Å². The largest absolute Gasteiger partial charge is 0.497 e. The van der Waals surface area contributed by atoms with Crippen molar-refractivity contribution in [2.45, 2.75) is 4.90 Å². The minimum absolute atomic E-state index is 0.719. The van der Waals surface area contributed by atoms with Crippen LogP contribution in [0.4, 0.5) is 5.69 Å². The van der Waals surface area contributed by atoms with E-state index in [9.17, 15) is 4.21 Å². The fraction of sp³-hybridized carbons (Fsp3) is 0.0968. The molecule has 0 bridgehead atoms. The molecule has 1 atom stereocenters. The van der Waals surface area contributed by atoms with Gasteiger partial charge in [-0.25, -0.2) is 4.21 Å². The summed E-state index contributed by atoms with van der Waals surface area (Å²) < 4.78 is 29.5. The molecule has 0 fully saturated rings. The van der Waals surface area contributed by atoms with Crippen molar-refractivity contribution in [3.05, 3.63) is 115 Å². The maximum absolute atomic E-state index is 13.8. The number of hydrogen-bond donors (Lipinski definition) is 0. The highest BCUT2D eigenvalue weighted by Gasteiger charge is 2.21. The first-order chi connectivity index (χ1) is 18.0. The highest BCUT2D eigenvalue weighted by molar-refractivity contribution is 7.93. The number of ether oxygens (including phenoxy) is 2. The van der Waals surface area contributed by atoms with Crippen molar-refractivity contribution >= 4 is 50.0 Å². The van der Waals surface area contributed by atoms with Crippen LogP contribution in [0.2, 0.25) is 0 Å². The Kier molecular flexibility index (Phi) is 7.27. The number of methoxy groups -OCH3 is 2. The molecule has 0 saturated carbocycles. The van der Waals surface area contributed by atoms with Gasteiger partial charge in [-0.2, -0.15) is 4.36 Å². The van der Waals surface area contributed by atoms with E-state index in [1.807, 2.05) is 66.7 Å². The highest BCUT2D eigenvalue weighted by Crippen LogP contribution is 2.40. The zero-order valence-electron chi connectivity index (χ0n) is 21.0. The Balaban J connectivity index is 1.77. The number of benzene rings is 5. The predicted octanol–water partition coefficient (Wildman–Crippen LogP) is 6.40. The second kappa shape index (κ2) is 10.8. The first kappa shape index (κ1) is 25.0. The summed E-state index contributed by atoms with van der Waals surface area (Å²) in [5.41, 5.74) is 0.735. The normalized spacial score (nSPS) is 12.8. The van der Waals surface area contributed by atoms with Crippen LogP contribution >= 0.6 is 7.92 Å². The number of rotatable bonds is 7. The van der Waals surface area contributed by atoms with Gasteiger partial charge in [0.1, 0.15) is 11.5 Å². The molecule has 5 aromatic rings. The summed E-state index contributed by atoms with van der Waals surface area (Å²) >= 11 is 0. The van der Waals surface area contributed by atoms with Crippen molar-refractivity contribution in [2.75, 3.05) is 20.5 Å². The first-order valence-corrected chi connectivity index (χ1v) is 15.1. The predicted molar refractivity (Wildman–Crippen MR) is 157 cm³/mol. The summed E-state index contributed by atoms with van der Waals surface area (Å²) in [6, 6.07) is 38.3. The summed E-state index contributed by atoms with van der Waals surface area (Å²) in [6.45, 7) is 0. The molecule has 0 radical (unpaired) electrons. The topological polar surface area (TPSA) is 47.9 Å². The van der Waals surface area contributed by atoms with E-state index in [0.29, 0.717) is 0 Å². The average Bonchev–Trinajstić information content (AvgIpc) is 2.94. The van der Waals surface area contributed by atoms with Gasteiger partial charge in [-0.05, 0) is 71.7 Å². The molecule has 6 heteroatoms. The third-order valence-corrected chi connectivity index (χ3v) is 10.4. The Labute approximate surface area is 219 Å². The average molecular weight is 526 g/mol. The molecule has 5 rings (SSSR count). The minimum Gasteiger partial charge on any atom is -0.497 e. The molecule has 0 aliphatic rings. The van der Waals surface area contributed by atoms with Crippen LogP contribution in [-0.2, 0) is 9.73 Å². The molecule has 0 saturated heterocycles. The standard InChI is InChI=1S/C31H28NO3PS/c1-34-24-15-19-26(20-16-24)36(27-21-17-25(35-2)18-22-27)30-14-8-10-23-9-7-13-29(31(23)30)32-37(3,33)28-11-5-4-6-12-28/h4-22H,1-3H3.